The van der Waals surface area contributed by atoms with E-state index in [-0.39, 0.29) is 5.91 Å². The summed E-state index contributed by atoms with van der Waals surface area (Å²) in [5.74, 6) is 2.73. The van der Waals surface area contributed by atoms with Crippen molar-refractivity contribution in [2.24, 2.45) is 0 Å². The fraction of sp³-hybridized carbons (Fsp3) is 0.0625. The fourth-order valence-electron chi connectivity index (χ4n) is 1.59. The predicted molar refractivity (Wildman–Crippen MR) is 85.2 cm³/mol. The molecule has 0 aliphatic carbocycles. The third kappa shape index (κ3) is 4.06. The van der Waals surface area contributed by atoms with Crippen molar-refractivity contribution in [2.75, 3.05) is 11.1 Å². The van der Waals surface area contributed by atoms with Gasteiger partial charge in [-0.2, -0.15) is 0 Å². The number of terminal acetylenes is 1. The Balaban J connectivity index is 1.93. The highest BCUT2D eigenvalue weighted by Crippen LogP contribution is 2.26. The summed E-state index contributed by atoms with van der Waals surface area (Å²) in [7, 11) is 0. The Morgan fingerprint density at radius 3 is 2.80 bits per heavy atom. The highest BCUT2D eigenvalue weighted by Gasteiger charge is 2.06. The summed E-state index contributed by atoms with van der Waals surface area (Å²) in [4.78, 5) is 12.8. The van der Waals surface area contributed by atoms with Gasteiger partial charge in [0.2, 0.25) is 5.91 Å². The van der Waals surface area contributed by atoms with Gasteiger partial charge in [-0.25, -0.2) is 0 Å². The maximum atomic E-state index is 11.9. The van der Waals surface area contributed by atoms with Crippen LogP contribution in [0.5, 0.6) is 0 Å². The molecule has 0 aliphatic rings. The molecule has 0 unspecified atom stereocenters. The van der Waals surface area contributed by atoms with E-state index in [1.54, 1.807) is 18.2 Å². The summed E-state index contributed by atoms with van der Waals surface area (Å²) in [5, 5.41) is 3.46. The van der Waals surface area contributed by atoms with Gasteiger partial charge in [-0.1, -0.05) is 35.7 Å². The molecule has 2 rings (SSSR count). The highest BCUT2D eigenvalue weighted by atomic mass is 35.5. The molecular formula is C16H12ClNOS. The van der Waals surface area contributed by atoms with E-state index in [4.69, 9.17) is 18.0 Å². The normalized spacial score (nSPS) is 9.80. The maximum absolute atomic E-state index is 11.9. The Bertz CT molecular complexity index is 664. The molecule has 20 heavy (non-hydrogen) atoms. The Morgan fingerprint density at radius 1 is 1.25 bits per heavy atom. The van der Waals surface area contributed by atoms with Crippen LogP contribution in [0, 0.1) is 12.3 Å². The molecule has 0 spiro atoms. The van der Waals surface area contributed by atoms with E-state index in [2.05, 4.69) is 11.2 Å². The molecule has 0 aliphatic heterocycles. The number of thioether (sulfide) groups is 1. The lowest BCUT2D eigenvalue weighted by Gasteiger charge is -2.06. The minimum Gasteiger partial charge on any atom is -0.325 e. The molecule has 0 bridgehead atoms. The van der Waals surface area contributed by atoms with Gasteiger partial charge in [0.15, 0.2) is 0 Å². The molecule has 1 amide bonds. The lowest BCUT2D eigenvalue weighted by atomic mass is 10.2. The molecule has 1 N–H and O–H groups in total. The van der Waals surface area contributed by atoms with Crippen LogP contribution in [0.25, 0.3) is 0 Å². The van der Waals surface area contributed by atoms with Crippen molar-refractivity contribution >= 4 is 35.0 Å². The standard InChI is InChI=1S/C16H12ClNOS/c1-2-12-6-5-7-13(10-12)18-16(19)11-20-15-9-4-3-8-14(15)17/h1,3-10H,11H2,(H,18,19). The zero-order valence-electron chi connectivity index (χ0n) is 10.6. The molecule has 0 aromatic heterocycles. The number of nitrogens with one attached hydrogen (secondary N) is 1. The van der Waals surface area contributed by atoms with E-state index in [0.29, 0.717) is 16.5 Å². The Kier molecular flexibility index (Phi) is 5.11. The monoisotopic (exact) mass is 301 g/mol. The highest BCUT2D eigenvalue weighted by molar-refractivity contribution is 8.00. The fourth-order valence-corrected chi connectivity index (χ4v) is 2.63. The average molecular weight is 302 g/mol. The van der Waals surface area contributed by atoms with Crippen molar-refractivity contribution in [1.29, 1.82) is 0 Å². The number of carbonyl (C=O) groups is 1. The lowest BCUT2D eigenvalue weighted by Crippen LogP contribution is -2.14. The number of carbonyl (C=O) groups excluding carboxylic acids is 1. The molecule has 0 saturated heterocycles. The number of anilines is 1. The molecule has 0 heterocycles. The van der Waals surface area contributed by atoms with Crippen LogP contribution in [0.2, 0.25) is 5.02 Å². The minimum atomic E-state index is -0.0934. The van der Waals surface area contributed by atoms with E-state index in [1.807, 2.05) is 30.3 Å². The van der Waals surface area contributed by atoms with Crippen LogP contribution < -0.4 is 5.32 Å². The van der Waals surface area contributed by atoms with E-state index >= 15 is 0 Å². The van der Waals surface area contributed by atoms with Crippen molar-refractivity contribution in [3.8, 4) is 12.3 Å². The molecule has 0 atom stereocenters. The molecular weight excluding hydrogens is 290 g/mol. The van der Waals surface area contributed by atoms with Crippen LogP contribution in [0.3, 0.4) is 0 Å². The van der Waals surface area contributed by atoms with Gasteiger partial charge >= 0.3 is 0 Å². The topological polar surface area (TPSA) is 29.1 Å². The van der Waals surface area contributed by atoms with Gasteiger partial charge in [-0.05, 0) is 30.3 Å². The van der Waals surface area contributed by atoms with Gasteiger partial charge in [-0.15, -0.1) is 18.2 Å². The molecule has 0 saturated carbocycles. The first-order valence-corrected chi connectivity index (χ1v) is 7.29. The van der Waals surface area contributed by atoms with Crippen LogP contribution in [-0.4, -0.2) is 11.7 Å². The predicted octanol–water partition coefficient (Wildman–Crippen LogP) is 4.05. The van der Waals surface area contributed by atoms with Crippen molar-refractivity contribution < 1.29 is 4.79 Å². The second-order valence-corrected chi connectivity index (χ2v) is 5.42. The summed E-state index contributed by atoms with van der Waals surface area (Å²) < 4.78 is 0. The minimum absolute atomic E-state index is 0.0934. The quantitative estimate of drug-likeness (QED) is 0.682. The van der Waals surface area contributed by atoms with Gasteiger partial charge in [0.05, 0.1) is 10.8 Å². The largest absolute Gasteiger partial charge is 0.325 e. The third-order valence-electron chi connectivity index (χ3n) is 2.51. The molecule has 2 aromatic carbocycles. The summed E-state index contributed by atoms with van der Waals surface area (Å²) >= 11 is 7.43. The zero-order chi connectivity index (χ0) is 14.4. The Hall–Kier alpha value is -1.89. The molecule has 0 radical (unpaired) electrons. The van der Waals surface area contributed by atoms with Gasteiger partial charge in [0.1, 0.15) is 0 Å². The van der Waals surface area contributed by atoms with Gasteiger partial charge in [-0.3, -0.25) is 4.79 Å². The van der Waals surface area contributed by atoms with Crippen molar-refractivity contribution in [3.05, 3.63) is 59.1 Å². The number of halogens is 1. The Morgan fingerprint density at radius 2 is 2.05 bits per heavy atom. The van der Waals surface area contributed by atoms with Crippen molar-refractivity contribution in [1.82, 2.24) is 0 Å². The van der Waals surface area contributed by atoms with E-state index in [0.717, 1.165) is 10.5 Å². The molecule has 100 valence electrons. The maximum Gasteiger partial charge on any atom is 0.234 e. The van der Waals surface area contributed by atoms with Crippen LogP contribution in [-0.2, 0) is 4.79 Å². The summed E-state index contributed by atoms with van der Waals surface area (Å²) in [6.07, 6.45) is 5.32. The first-order valence-electron chi connectivity index (χ1n) is 5.93. The zero-order valence-corrected chi connectivity index (χ0v) is 12.2. The van der Waals surface area contributed by atoms with Crippen LogP contribution >= 0.6 is 23.4 Å². The first-order chi connectivity index (χ1) is 9.69. The SMILES string of the molecule is C#Cc1cccc(NC(=O)CSc2ccccc2Cl)c1. The second-order valence-electron chi connectivity index (χ2n) is 3.99. The first kappa shape index (κ1) is 14.5. The van der Waals surface area contributed by atoms with Crippen LogP contribution in [0.15, 0.2) is 53.4 Å². The van der Waals surface area contributed by atoms with Crippen molar-refractivity contribution in [3.63, 3.8) is 0 Å². The summed E-state index contributed by atoms with van der Waals surface area (Å²) in [6.45, 7) is 0. The van der Waals surface area contributed by atoms with E-state index in [9.17, 15) is 4.79 Å². The van der Waals surface area contributed by atoms with Crippen LogP contribution in [0.4, 0.5) is 5.69 Å². The smallest absolute Gasteiger partial charge is 0.234 e. The van der Waals surface area contributed by atoms with Crippen LogP contribution in [0.1, 0.15) is 5.56 Å². The van der Waals surface area contributed by atoms with Crippen molar-refractivity contribution in [2.45, 2.75) is 4.90 Å². The van der Waals surface area contributed by atoms with E-state index in [1.165, 1.54) is 11.8 Å². The third-order valence-corrected chi connectivity index (χ3v) is 4.02. The molecule has 4 heteroatoms. The number of benzene rings is 2. The van der Waals surface area contributed by atoms with Gasteiger partial charge in [0, 0.05) is 16.1 Å². The summed E-state index contributed by atoms with van der Waals surface area (Å²) in [6, 6.07) is 14.6. The lowest BCUT2D eigenvalue weighted by molar-refractivity contribution is -0.113. The number of hydrogen-bond acceptors (Lipinski definition) is 2. The Labute approximate surface area is 127 Å². The molecule has 2 aromatic rings. The average Bonchev–Trinajstić information content (AvgIpc) is 2.46. The van der Waals surface area contributed by atoms with E-state index < -0.39 is 0 Å². The number of amides is 1. The number of rotatable bonds is 4. The summed E-state index contributed by atoms with van der Waals surface area (Å²) in [5.41, 5.74) is 1.44. The number of hydrogen-bond donors (Lipinski definition) is 1. The molecule has 0 fully saturated rings. The second kappa shape index (κ2) is 7.04. The molecule has 2 nitrogen and oxygen atoms in total. The van der Waals surface area contributed by atoms with Gasteiger partial charge < -0.3 is 5.32 Å². The van der Waals surface area contributed by atoms with Gasteiger partial charge in [0.25, 0.3) is 0 Å².